The fourth-order valence-electron chi connectivity index (χ4n) is 3.79. The van der Waals surface area contributed by atoms with Crippen molar-refractivity contribution in [3.63, 3.8) is 0 Å². The van der Waals surface area contributed by atoms with Crippen molar-refractivity contribution >= 4 is 5.95 Å². The van der Waals surface area contributed by atoms with Crippen molar-refractivity contribution in [2.75, 3.05) is 18.0 Å². The van der Waals surface area contributed by atoms with Gasteiger partial charge in [0, 0.05) is 43.0 Å². The molecule has 4 rings (SSSR count). The lowest BCUT2D eigenvalue weighted by Crippen LogP contribution is -2.48. The molecule has 0 radical (unpaired) electrons. The highest BCUT2D eigenvalue weighted by atomic mass is 16.1. The first-order valence-electron chi connectivity index (χ1n) is 9.70. The molecule has 0 fully saturated rings. The molecule has 0 spiro atoms. The minimum Gasteiger partial charge on any atom is -0.341 e. The Morgan fingerprint density at radius 2 is 1.75 bits per heavy atom. The summed E-state index contributed by atoms with van der Waals surface area (Å²) >= 11 is 0. The van der Waals surface area contributed by atoms with Crippen LogP contribution in [-0.2, 0) is 13.0 Å². The number of aryl methyl sites for hydroxylation is 1. The molecule has 0 bridgehead atoms. The lowest BCUT2D eigenvalue weighted by molar-refractivity contribution is 0.271. The zero-order valence-electron chi connectivity index (χ0n) is 16.4. The quantitative estimate of drug-likeness (QED) is 0.685. The largest absolute Gasteiger partial charge is 0.352 e. The number of hydrogen-bond donors (Lipinski definition) is 0. The predicted molar refractivity (Wildman–Crippen MR) is 110 cm³/mol. The molecule has 3 heterocycles. The van der Waals surface area contributed by atoms with Crippen LogP contribution in [0.1, 0.15) is 25.8 Å². The Hall–Kier alpha value is -3.02. The van der Waals surface area contributed by atoms with E-state index in [0.717, 1.165) is 37.4 Å². The highest BCUT2D eigenvalue weighted by Gasteiger charge is 2.32. The Labute approximate surface area is 164 Å². The molecule has 2 aromatic heterocycles. The molecule has 0 N–H and O–H groups in total. The summed E-state index contributed by atoms with van der Waals surface area (Å²) in [4.78, 5) is 28.0. The van der Waals surface area contributed by atoms with Crippen LogP contribution < -0.4 is 10.6 Å². The van der Waals surface area contributed by atoms with Gasteiger partial charge in [0.1, 0.15) is 0 Å². The monoisotopic (exact) mass is 375 g/mol. The number of anilines is 1. The molecule has 0 atom stereocenters. The Kier molecular flexibility index (Phi) is 4.94. The Balaban J connectivity index is 1.63. The van der Waals surface area contributed by atoms with Crippen LogP contribution in [0.2, 0.25) is 0 Å². The summed E-state index contributed by atoms with van der Waals surface area (Å²) < 4.78 is 1.72. The third-order valence-corrected chi connectivity index (χ3v) is 5.04. The molecule has 144 valence electrons. The Bertz CT molecular complexity index is 998. The fraction of sp³-hybridized carbons (Fsp3) is 0.364. The predicted octanol–water partition coefficient (Wildman–Crippen LogP) is 3.18. The van der Waals surface area contributed by atoms with Gasteiger partial charge < -0.3 is 4.90 Å². The van der Waals surface area contributed by atoms with Crippen LogP contribution in [0, 0.1) is 5.41 Å². The standard InChI is InChI=1S/C22H25N5O/c1-22(2)15-26(14-6-9-17-7-4-3-5-8-17)20-24-19(18-10-12-23-13-11-18)25-21(28)27(20)16-22/h3-5,7-8,10-13H,6,9,14-16H2,1-2H3. The van der Waals surface area contributed by atoms with Crippen LogP contribution in [0.15, 0.2) is 59.7 Å². The highest BCUT2D eigenvalue weighted by Crippen LogP contribution is 2.29. The van der Waals surface area contributed by atoms with E-state index in [9.17, 15) is 4.79 Å². The van der Waals surface area contributed by atoms with E-state index in [-0.39, 0.29) is 11.1 Å². The van der Waals surface area contributed by atoms with Gasteiger partial charge in [-0.1, -0.05) is 44.2 Å². The van der Waals surface area contributed by atoms with Gasteiger partial charge in [-0.3, -0.25) is 9.55 Å². The Morgan fingerprint density at radius 1 is 1.00 bits per heavy atom. The van der Waals surface area contributed by atoms with Gasteiger partial charge in [-0.2, -0.15) is 9.97 Å². The maximum absolute atomic E-state index is 12.8. The molecule has 0 saturated heterocycles. The van der Waals surface area contributed by atoms with E-state index in [4.69, 9.17) is 4.98 Å². The Morgan fingerprint density at radius 3 is 2.50 bits per heavy atom. The molecule has 28 heavy (non-hydrogen) atoms. The average Bonchev–Trinajstić information content (AvgIpc) is 2.69. The topological polar surface area (TPSA) is 63.9 Å². The first-order valence-corrected chi connectivity index (χ1v) is 9.70. The molecule has 6 nitrogen and oxygen atoms in total. The van der Waals surface area contributed by atoms with Gasteiger partial charge in [-0.05, 0) is 30.5 Å². The zero-order chi connectivity index (χ0) is 19.6. The molecule has 6 heteroatoms. The van der Waals surface area contributed by atoms with Gasteiger partial charge in [0.15, 0.2) is 5.82 Å². The van der Waals surface area contributed by atoms with Gasteiger partial charge in [0.25, 0.3) is 0 Å². The number of benzene rings is 1. The number of nitrogens with zero attached hydrogens (tertiary/aromatic N) is 5. The van der Waals surface area contributed by atoms with Crippen LogP contribution in [0.25, 0.3) is 11.4 Å². The molecule has 1 aromatic carbocycles. The summed E-state index contributed by atoms with van der Waals surface area (Å²) in [6.07, 6.45) is 5.39. The van der Waals surface area contributed by atoms with Crippen LogP contribution in [0.5, 0.6) is 0 Å². The minimum absolute atomic E-state index is 0.00881. The molecule has 0 aliphatic carbocycles. The number of rotatable bonds is 5. The van der Waals surface area contributed by atoms with Gasteiger partial charge in [0.05, 0.1) is 0 Å². The van der Waals surface area contributed by atoms with Crippen molar-refractivity contribution in [2.24, 2.45) is 5.41 Å². The highest BCUT2D eigenvalue weighted by molar-refractivity contribution is 5.55. The lowest BCUT2D eigenvalue weighted by atomic mass is 9.91. The van der Waals surface area contributed by atoms with Crippen LogP contribution in [0.4, 0.5) is 5.95 Å². The third-order valence-electron chi connectivity index (χ3n) is 5.04. The normalized spacial score (nSPS) is 15.3. The number of hydrogen-bond acceptors (Lipinski definition) is 5. The van der Waals surface area contributed by atoms with Crippen molar-refractivity contribution in [1.82, 2.24) is 19.5 Å². The number of fused-ring (bicyclic) bond motifs is 1. The number of aromatic nitrogens is 4. The first-order chi connectivity index (χ1) is 13.5. The van der Waals surface area contributed by atoms with Crippen molar-refractivity contribution in [3.05, 3.63) is 70.9 Å². The van der Waals surface area contributed by atoms with Gasteiger partial charge in [-0.15, -0.1) is 0 Å². The summed E-state index contributed by atoms with van der Waals surface area (Å²) in [5, 5.41) is 0. The lowest BCUT2D eigenvalue weighted by Gasteiger charge is -2.40. The van der Waals surface area contributed by atoms with E-state index >= 15 is 0 Å². The second kappa shape index (κ2) is 7.54. The molecule has 1 aliphatic rings. The van der Waals surface area contributed by atoms with Crippen LogP contribution in [0.3, 0.4) is 0 Å². The van der Waals surface area contributed by atoms with Crippen LogP contribution >= 0.6 is 0 Å². The number of pyridine rings is 1. The summed E-state index contributed by atoms with van der Waals surface area (Å²) in [6.45, 7) is 6.72. The maximum atomic E-state index is 12.8. The van der Waals surface area contributed by atoms with Crippen molar-refractivity contribution < 1.29 is 0 Å². The molecule has 1 aliphatic heterocycles. The SMILES string of the molecule is CC1(C)CN(CCCc2ccccc2)c2nc(-c3ccncc3)nc(=O)n2C1. The summed E-state index contributed by atoms with van der Waals surface area (Å²) in [6, 6.07) is 14.2. The molecule has 0 amide bonds. The van der Waals surface area contributed by atoms with Crippen molar-refractivity contribution in [2.45, 2.75) is 33.2 Å². The first kappa shape index (κ1) is 18.3. The smallest absolute Gasteiger partial charge is 0.341 e. The van der Waals surface area contributed by atoms with Gasteiger partial charge >= 0.3 is 5.69 Å². The fourth-order valence-corrected chi connectivity index (χ4v) is 3.79. The third kappa shape index (κ3) is 3.96. The second-order valence-electron chi connectivity index (χ2n) is 8.13. The average molecular weight is 375 g/mol. The van der Waals surface area contributed by atoms with E-state index in [0.29, 0.717) is 12.4 Å². The van der Waals surface area contributed by atoms with E-state index < -0.39 is 0 Å². The van der Waals surface area contributed by atoms with E-state index in [2.05, 4.69) is 53.0 Å². The van der Waals surface area contributed by atoms with Gasteiger partial charge in [0.2, 0.25) is 5.95 Å². The second-order valence-corrected chi connectivity index (χ2v) is 8.13. The summed E-state index contributed by atoms with van der Waals surface area (Å²) in [5.74, 6) is 1.19. The molecular formula is C22H25N5O. The van der Waals surface area contributed by atoms with Gasteiger partial charge in [-0.25, -0.2) is 4.79 Å². The summed E-state index contributed by atoms with van der Waals surface area (Å²) in [5.41, 5.74) is 1.89. The zero-order valence-corrected chi connectivity index (χ0v) is 16.4. The molecule has 0 saturated carbocycles. The minimum atomic E-state index is -0.238. The maximum Gasteiger partial charge on any atom is 0.352 e. The van der Waals surface area contributed by atoms with Crippen molar-refractivity contribution in [3.8, 4) is 11.4 Å². The van der Waals surface area contributed by atoms with E-state index in [1.54, 1.807) is 17.0 Å². The molecule has 0 unspecified atom stereocenters. The molecule has 3 aromatic rings. The van der Waals surface area contributed by atoms with E-state index in [1.807, 2.05) is 18.2 Å². The van der Waals surface area contributed by atoms with Crippen LogP contribution in [-0.4, -0.2) is 32.6 Å². The van der Waals surface area contributed by atoms with Crippen molar-refractivity contribution in [1.29, 1.82) is 0 Å². The van der Waals surface area contributed by atoms with E-state index in [1.165, 1.54) is 5.56 Å². The molecular weight excluding hydrogens is 350 g/mol. The summed E-state index contributed by atoms with van der Waals surface area (Å²) in [7, 11) is 0.